The molecule has 0 saturated heterocycles. The molecule has 0 aliphatic carbocycles. The van der Waals surface area contributed by atoms with Crippen molar-refractivity contribution >= 4 is 11.4 Å². The van der Waals surface area contributed by atoms with Crippen LogP contribution in [0.2, 0.25) is 0 Å². The zero-order chi connectivity index (χ0) is 12.6. The van der Waals surface area contributed by atoms with Gasteiger partial charge < -0.3 is 9.30 Å². The minimum absolute atomic E-state index is 0.0483. The molecule has 4 heteroatoms. The van der Waals surface area contributed by atoms with Gasteiger partial charge in [0.15, 0.2) is 5.69 Å². The molecule has 2 heterocycles. The number of carbonyl (C=O) groups is 1. The molecule has 0 atom stereocenters. The maximum Gasteiger partial charge on any atom is 0.274 e. The van der Waals surface area contributed by atoms with Gasteiger partial charge in [0.25, 0.3) is 5.91 Å². The first kappa shape index (κ1) is 11.6. The van der Waals surface area contributed by atoms with Crippen LogP contribution >= 0.6 is 0 Å². The third-order valence-corrected chi connectivity index (χ3v) is 2.80. The molecular formula is C13H17N3O. The van der Waals surface area contributed by atoms with Crippen molar-refractivity contribution in [1.29, 1.82) is 0 Å². The summed E-state index contributed by atoms with van der Waals surface area (Å²) in [5, 5.41) is 0. The molecule has 0 saturated carbocycles. The molecule has 0 fully saturated rings. The Labute approximate surface area is 101 Å². The third kappa shape index (κ3) is 1.90. The lowest BCUT2D eigenvalue weighted by atomic mass is 10.2. The highest BCUT2D eigenvalue weighted by Gasteiger charge is 2.17. The number of hydrogen-bond acceptors (Lipinski definition) is 2. The molecule has 0 aliphatic rings. The zero-order valence-corrected chi connectivity index (χ0v) is 10.7. The van der Waals surface area contributed by atoms with Crippen LogP contribution in [0.4, 0.5) is 0 Å². The van der Waals surface area contributed by atoms with Crippen molar-refractivity contribution in [2.75, 3.05) is 14.1 Å². The minimum Gasteiger partial charge on any atom is -0.343 e. The number of rotatable bonds is 2. The van der Waals surface area contributed by atoms with Gasteiger partial charge in [-0.05, 0) is 24.6 Å². The first-order valence-electron chi connectivity index (χ1n) is 5.73. The summed E-state index contributed by atoms with van der Waals surface area (Å²) in [4.78, 5) is 18.1. The monoisotopic (exact) mass is 231 g/mol. The van der Waals surface area contributed by atoms with Crippen LogP contribution in [0, 0.1) is 6.92 Å². The highest BCUT2D eigenvalue weighted by molar-refractivity contribution is 5.98. The van der Waals surface area contributed by atoms with Crippen LogP contribution in [0.25, 0.3) is 5.52 Å². The standard InChI is InChI=1S/C13H17N3O/c1-5-11-14-12(13(17)15(3)4)10-8-9(2)6-7-16(10)11/h6-8H,5H2,1-4H3. The van der Waals surface area contributed by atoms with E-state index in [4.69, 9.17) is 0 Å². The molecule has 0 bridgehead atoms. The minimum atomic E-state index is -0.0483. The molecular weight excluding hydrogens is 214 g/mol. The van der Waals surface area contributed by atoms with E-state index in [1.54, 1.807) is 19.0 Å². The molecule has 0 unspecified atom stereocenters. The van der Waals surface area contributed by atoms with Gasteiger partial charge in [-0.25, -0.2) is 4.98 Å². The lowest BCUT2D eigenvalue weighted by molar-refractivity contribution is 0.0824. The van der Waals surface area contributed by atoms with Gasteiger partial charge in [0.1, 0.15) is 5.82 Å². The average molecular weight is 231 g/mol. The number of aryl methyl sites for hydroxylation is 2. The topological polar surface area (TPSA) is 37.6 Å². The number of pyridine rings is 1. The highest BCUT2D eigenvalue weighted by Crippen LogP contribution is 2.16. The smallest absolute Gasteiger partial charge is 0.274 e. The SMILES string of the molecule is CCc1nc(C(=O)N(C)C)c2cc(C)ccn12. The van der Waals surface area contributed by atoms with Crippen molar-refractivity contribution in [2.45, 2.75) is 20.3 Å². The fourth-order valence-corrected chi connectivity index (χ4v) is 1.87. The molecule has 0 radical (unpaired) electrons. The molecule has 2 aromatic rings. The van der Waals surface area contributed by atoms with E-state index < -0.39 is 0 Å². The zero-order valence-electron chi connectivity index (χ0n) is 10.7. The molecule has 2 aromatic heterocycles. The summed E-state index contributed by atoms with van der Waals surface area (Å²) in [6.07, 6.45) is 2.79. The van der Waals surface area contributed by atoms with Gasteiger partial charge in [0.05, 0.1) is 5.52 Å². The Hall–Kier alpha value is -1.84. The van der Waals surface area contributed by atoms with Gasteiger partial charge in [0.2, 0.25) is 0 Å². The third-order valence-electron chi connectivity index (χ3n) is 2.80. The van der Waals surface area contributed by atoms with E-state index in [1.165, 1.54) is 0 Å². The van der Waals surface area contributed by atoms with Gasteiger partial charge in [-0.2, -0.15) is 0 Å². The van der Waals surface area contributed by atoms with Crippen LogP contribution in [-0.4, -0.2) is 34.3 Å². The largest absolute Gasteiger partial charge is 0.343 e. The summed E-state index contributed by atoms with van der Waals surface area (Å²) in [6.45, 7) is 4.06. The first-order chi connectivity index (χ1) is 8.04. The Morgan fingerprint density at radius 3 is 2.76 bits per heavy atom. The Balaban J connectivity index is 2.71. The summed E-state index contributed by atoms with van der Waals surface area (Å²) in [5.41, 5.74) is 2.56. The van der Waals surface area contributed by atoms with E-state index in [0.29, 0.717) is 5.69 Å². The number of aromatic nitrogens is 2. The number of nitrogens with zero attached hydrogens (tertiary/aromatic N) is 3. The van der Waals surface area contributed by atoms with Crippen LogP contribution in [0.1, 0.15) is 28.8 Å². The Morgan fingerprint density at radius 2 is 2.18 bits per heavy atom. The number of fused-ring (bicyclic) bond motifs is 1. The van der Waals surface area contributed by atoms with Crippen LogP contribution in [0.3, 0.4) is 0 Å². The second kappa shape index (κ2) is 4.20. The predicted octanol–water partition coefficient (Wildman–Crippen LogP) is 1.91. The molecule has 1 amide bonds. The molecule has 0 N–H and O–H groups in total. The van der Waals surface area contributed by atoms with E-state index in [0.717, 1.165) is 23.3 Å². The molecule has 2 rings (SSSR count). The van der Waals surface area contributed by atoms with Crippen molar-refractivity contribution in [3.05, 3.63) is 35.4 Å². The second-order valence-corrected chi connectivity index (χ2v) is 4.39. The van der Waals surface area contributed by atoms with Crippen molar-refractivity contribution in [2.24, 2.45) is 0 Å². The lowest BCUT2D eigenvalue weighted by Crippen LogP contribution is -2.22. The summed E-state index contributed by atoms with van der Waals surface area (Å²) >= 11 is 0. The molecule has 90 valence electrons. The molecule has 17 heavy (non-hydrogen) atoms. The fraction of sp³-hybridized carbons (Fsp3) is 0.385. The average Bonchev–Trinajstić information content (AvgIpc) is 2.65. The quantitative estimate of drug-likeness (QED) is 0.791. The van der Waals surface area contributed by atoms with E-state index in [2.05, 4.69) is 4.98 Å². The highest BCUT2D eigenvalue weighted by atomic mass is 16.2. The molecule has 4 nitrogen and oxygen atoms in total. The normalized spacial score (nSPS) is 10.8. The van der Waals surface area contributed by atoms with Crippen LogP contribution < -0.4 is 0 Å². The molecule has 0 aromatic carbocycles. The first-order valence-corrected chi connectivity index (χ1v) is 5.73. The van der Waals surface area contributed by atoms with Crippen molar-refractivity contribution in [1.82, 2.24) is 14.3 Å². The predicted molar refractivity (Wildman–Crippen MR) is 67.3 cm³/mol. The summed E-state index contributed by atoms with van der Waals surface area (Å²) in [5.74, 6) is 0.873. The number of hydrogen-bond donors (Lipinski definition) is 0. The van der Waals surface area contributed by atoms with Crippen molar-refractivity contribution < 1.29 is 4.79 Å². The molecule has 0 spiro atoms. The van der Waals surface area contributed by atoms with Crippen LogP contribution in [0.5, 0.6) is 0 Å². The molecule has 0 aliphatic heterocycles. The Bertz CT molecular complexity index is 569. The van der Waals surface area contributed by atoms with Gasteiger partial charge in [-0.3, -0.25) is 4.79 Å². The van der Waals surface area contributed by atoms with E-state index in [9.17, 15) is 4.79 Å². The van der Waals surface area contributed by atoms with Gasteiger partial charge in [-0.15, -0.1) is 0 Å². The van der Waals surface area contributed by atoms with Crippen molar-refractivity contribution in [3.63, 3.8) is 0 Å². The summed E-state index contributed by atoms with van der Waals surface area (Å²) < 4.78 is 1.99. The van der Waals surface area contributed by atoms with E-state index in [-0.39, 0.29) is 5.91 Å². The fourth-order valence-electron chi connectivity index (χ4n) is 1.87. The van der Waals surface area contributed by atoms with Gasteiger partial charge in [0, 0.05) is 26.7 Å². The van der Waals surface area contributed by atoms with E-state index >= 15 is 0 Å². The maximum atomic E-state index is 12.0. The lowest BCUT2D eigenvalue weighted by Gasteiger charge is -2.07. The maximum absolute atomic E-state index is 12.0. The van der Waals surface area contributed by atoms with Gasteiger partial charge in [-0.1, -0.05) is 6.92 Å². The van der Waals surface area contributed by atoms with Crippen molar-refractivity contribution in [3.8, 4) is 0 Å². The van der Waals surface area contributed by atoms with Crippen LogP contribution in [0.15, 0.2) is 18.3 Å². The second-order valence-electron chi connectivity index (χ2n) is 4.39. The number of imidazole rings is 1. The summed E-state index contributed by atoms with van der Waals surface area (Å²) in [7, 11) is 3.49. The summed E-state index contributed by atoms with van der Waals surface area (Å²) in [6, 6.07) is 4.03. The Morgan fingerprint density at radius 1 is 1.47 bits per heavy atom. The number of amides is 1. The number of carbonyl (C=O) groups excluding carboxylic acids is 1. The van der Waals surface area contributed by atoms with Crippen LogP contribution in [-0.2, 0) is 6.42 Å². The van der Waals surface area contributed by atoms with E-state index in [1.807, 2.05) is 36.6 Å². The Kier molecular flexibility index (Phi) is 2.88. The van der Waals surface area contributed by atoms with Gasteiger partial charge >= 0.3 is 0 Å².